The summed E-state index contributed by atoms with van der Waals surface area (Å²) < 4.78 is 13.2. The number of thioether (sulfide) groups is 1. The maximum absolute atomic E-state index is 13.3. The lowest BCUT2D eigenvalue weighted by Crippen LogP contribution is -2.30. The van der Waals surface area contributed by atoms with Crippen molar-refractivity contribution in [2.75, 3.05) is 30.8 Å². The number of imidazole rings is 1. The van der Waals surface area contributed by atoms with E-state index in [1.54, 1.807) is 30.5 Å². The number of fused-ring (bicyclic) bond motifs is 1. The van der Waals surface area contributed by atoms with E-state index < -0.39 is 0 Å². The van der Waals surface area contributed by atoms with E-state index in [1.165, 1.54) is 11.8 Å². The van der Waals surface area contributed by atoms with E-state index in [4.69, 9.17) is 9.47 Å². The van der Waals surface area contributed by atoms with Gasteiger partial charge in [-0.05, 0) is 54.8 Å². The van der Waals surface area contributed by atoms with E-state index in [9.17, 15) is 9.59 Å². The number of carbonyl (C=O) groups excluding carboxylic acids is 2. The van der Waals surface area contributed by atoms with Gasteiger partial charge in [0.25, 0.3) is 5.91 Å². The van der Waals surface area contributed by atoms with Crippen LogP contribution in [0.2, 0.25) is 0 Å². The van der Waals surface area contributed by atoms with E-state index in [0.717, 1.165) is 35.1 Å². The Balaban J connectivity index is 1.22. The predicted molar refractivity (Wildman–Crippen MR) is 129 cm³/mol. The molecule has 1 aromatic heterocycles. The van der Waals surface area contributed by atoms with Crippen LogP contribution in [0.1, 0.15) is 34.8 Å². The summed E-state index contributed by atoms with van der Waals surface area (Å²) in [6.07, 6.45) is 5.41. The summed E-state index contributed by atoms with van der Waals surface area (Å²) in [6.45, 7) is 1.80. The molecule has 3 heterocycles. The van der Waals surface area contributed by atoms with E-state index >= 15 is 0 Å². The number of nitrogens with zero attached hydrogens (tertiary/aromatic N) is 3. The second kappa shape index (κ2) is 9.80. The number of amides is 2. The Hall–Kier alpha value is -3.46. The Morgan fingerprint density at radius 3 is 2.68 bits per heavy atom. The highest BCUT2D eigenvalue weighted by molar-refractivity contribution is 7.99. The molecule has 34 heavy (non-hydrogen) atoms. The van der Waals surface area contributed by atoms with Crippen molar-refractivity contribution in [2.45, 2.75) is 24.0 Å². The summed E-state index contributed by atoms with van der Waals surface area (Å²) in [5.74, 6) is 1.62. The zero-order valence-corrected chi connectivity index (χ0v) is 19.7. The summed E-state index contributed by atoms with van der Waals surface area (Å²) in [7, 11) is 1.89. The van der Waals surface area contributed by atoms with E-state index in [1.807, 2.05) is 40.9 Å². The van der Waals surface area contributed by atoms with Crippen LogP contribution in [0.15, 0.2) is 60.0 Å². The molecule has 2 aliphatic rings. The van der Waals surface area contributed by atoms with Crippen molar-refractivity contribution in [3.63, 3.8) is 0 Å². The van der Waals surface area contributed by atoms with Crippen molar-refractivity contribution in [1.29, 1.82) is 0 Å². The van der Waals surface area contributed by atoms with Gasteiger partial charge in [-0.25, -0.2) is 4.98 Å². The molecule has 1 atom stereocenters. The summed E-state index contributed by atoms with van der Waals surface area (Å²) >= 11 is 1.37. The molecule has 8 nitrogen and oxygen atoms in total. The van der Waals surface area contributed by atoms with Crippen LogP contribution in [0.3, 0.4) is 0 Å². The molecule has 0 aliphatic carbocycles. The molecule has 2 aromatic carbocycles. The fourth-order valence-electron chi connectivity index (χ4n) is 4.30. The molecule has 5 rings (SSSR count). The molecule has 0 saturated carbocycles. The number of rotatable bonds is 6. The topological polar surface area (TPSA) is 85.7 Å². The number of benzene rings is 2. The molecule has 1 unspecified atom stereocenters. The maximum atomic E-state index is 13.3. The predicted octanol–water partition coefficient (Wildman–Crippen LogP) is 3.90. The van der Waals surface area contributed by atoms with Gasteiger partial charge in [-0.3, -0.25) is 9.59 Å². The second-order valence-corrected chi connectivity index (χ2v) is 9.24. The Morgan fingerprint density at radius 2 is 1.91 bits per heavy atom. The number of hydrogen-bond acceptors (Lipinski definition) is 6. The summed E-state index contributed by atoms with van der Waals surface area (Å²) in [5, 5.41) is 3.66. The van der Waals surface area contributed by atoms with Crippen molar-refractivity contribution in [3.05, 3.63) is 66.0 Å². The molecule has 1 saturated heterocycles. The van der Waals surface area contributed by atoms with Crippen molar-refractivity contribution in [1.82, 2.24) is 14.5 Å². The van der Waals surface area contributed by atoms with Gasteiger partial charge in [0.2, 0.25) is 5.91 Å². The lowest BCUT2D eigenvalue weighted by atomic mass is 10.0. The van der Waals surface area contributed by atoms with Gasteiger partial charge >= 0.3 is 0 Å². The van der Waals surface area contributed by atoms with E-state index in [2.05, 4.69) is 10.3 Å². The van der Waals surface area contributed by atoms with Gasteiger partial charge in [-0.1, -0.05) is 17.8 Å². The molecular weight excluding hydrogens is 452 g/mol. The third kappa shape index (κ3) is 4.75. The minimum absolute atomic E-state index is 0.00542. The Kier molecular flexibility index (Phi) is 6.44. The number of aryl methyl sites for hydroxylation is 1. The maximum Gasteiger partial charge on any atom is 0.254 e. The first-order chi connectivity index (χ1) is 16.6. The molecule has 0 radical (unpaired) electrons. The zero-order chi connectivity index (χ0) is 23.5. The monoisotopic (exact) mass is 478 g/mol. The minimum Gasteiger partial charge on any atom is -0.486 e. The van der Waals surface area contributed by atoms with Crippen molar-refractivity contribution < 1.29 is 19.1 Å². The average Bonchev–Trinajstić information content (AvgIpc) is 3.51. The van der Waals surface area contributed by atoms with Gasteiger partial charge in [0.15, 0.2) is 16.7 Å². The van der Waals surface area contributed by atoms with Crippen molar-refractivity contribution in [3.8, 4) is 11.5 Å². The fourth-order valence-corrected chi connectivity index (χ4v) is 5.04. The highest BCUT2D eigenvalue weighted by Gasteiger charge is 2.31. The smallest absolute Gasteiger partial charge is 0.254 e. The van der Waals surface area contributed by atoms with E-state index in [0.29, 0.717) is 31.0 Å². The van der Waals surface area contributed by atoms with E-state index in [-0.39, 0.29) is 23.6 Å². The Bertz CT molecular complexity index is 1190. The summed E-state index contributed by atoms with van der Waals surface area (Å²) in [4.78, 5) is 31.7. The zero-order valence-electron chi connectivity index (χ0n) is 18.9. The molecule has 1 fully saturated rings. The second-order valence-electron chi connectivity index (χ2n) is 8.29. The normalized spacial score (nSPS) is 17.0. The quantitative estimate of drug-likeness (QED) is 0.541. The summed E-state index contributed by atoms with van der Waals surface area (Å²) in [6, 6.07) is 13.0. The molecule has 2 aliphatic heterocycles. The largest absolute Gasteiger partial charge is 0.486 e. The fraction of sp³-hybridized carbons (Fsp3) is 0.320. The van der Waals surface area contributed by atoms with Crippen molar-refractivity contribution >= 4 is 29.3 Å². The average molecular weight is 479 g/mol. The molecule has 176 valence electrons. The number of ether oxygens (including phenoxy) is 2. The summed E-state index contributed by atoms with van der Waals surface area (Å²) in [5.41, 5.74) is 2.32. The van der Waals surface area contributed by atoms with Crippen LogP contribution < -0.4 is 14.8 Å². The molecule has 2 amide bonds. The van der Waals surface area contributed by atoms with Gasteiger partial charge < -0.3 is 24.3 Å². The van der Waals surface area contributed by atoms with Gasteiger partial charge in [-0.2, -0.15) is 0 Å². The first-order valence-electron chi connectivity index (χ1n) is 11.3. The first-order valence-corrected chi connectivity index (χ1v) is 12.3. The molecular formula is C25H26N4O4S. The Morgan fingerprint density at radius 1 is 1.12 bits per heavy atom. The SMILES string of the molecule is Cn1ccnc1SCC(=O)Nc1ccc(C(=O)N2CCCC2c2ccc3c(c2)OCCO3)cc1. The van der Waals surface area contributed by atoms with Crippen LogP contribution in [-0.2, 0) is 11.8 Å². The van der Waals surface area contributed by atoms with Gasteiger partial charge in [0.05, 0.1) is 11.8 Å². The number of nitrogens with one attached hydrogen (secondary N) is 1. The van der Waals surface area contributed by atoms with Crippen LogP contribution in [0.4, 0.5) is 5.69 Å². The molecule has 0 bridgehead atoms. The number of aromatic nitrogens is 2. The number of likely N-dealkylation sites (tertiary alicyclic amines) is 1. The third-order valence-electron chi connectivity index (χ3n) is 5.99. The number of anilines is 1. The van der Waals surface area contributed by atoms with Crippen LogP contribution in [-0.4, -0.2) is 51.8 Å². The van der Waals surface area contributed by atoms with Gasteiger partial charge in [-0.15, -0.1) is 0 Å². The standard InChI is InChI=1S/C25H26N4O4S/c1-28-12-10-26-25(28)34-16-23(30)27-19-7-4-17(5-8-19)24(31)29-11-2-3-20(29)18-6-9-21-22(15-18)33-14-13-32-21/h4-10,12,15,20H,2-3,11,13-14,16H2,1H3,(H,27,30). The Labute approximate surface area is 202 Å². The van der Waals surface area contributed by atoms with Crippen LogP contribution in [0.25, 0.3) is 0 Å². The van der Waals surface area contributed by atoms with Crippen molar-refractivity contribution in [2.24, 2.45) is 7.05 Å². The van der Waals surface area contributed by atoms with Crippen LogP contribution >= 0.6 is 11.8 Å². The molecule has 9 heteroatoms. The minimum atomic E-state index is -0.120. The highest BCUT2D eigenvalue weighted by Crippen LogP contribution is 2.38. The van der Waals surface area contributed by atoms with Crippen LogP contribution in [0, 0.1) is 0 Å². The van der Waals surface area contributed by atoms with Gasteiger partial charge in [0.1, 0.15) is 13.2 Å². The van der Waals surface area contributed by atoms with Gasteiger partial charge in [0, 0.05) is 37.2 Å². The molecule has 0 spiro atoms. The lowest BCUT2D eigenvalue weighted by molar-refractivity contribution is -0.113. The van der Waals surface area contributed by atoms with Crippen LogP contribution in [0.5, 0.6) is 11.5 Å². The lowest BCUT2D eigenvalue weighted by Gasteiger charge is -2.27. The number of hydrogen-bond donors (Lipinski definition) is 1. The highest BCUT2D eigenvalue weighted by atomic mass is 32.2. The third-order valence-corrected chi connectivity index (χ3v) is 7.05. The first kappa shape index (κ1) is 22.3. The molecule has 3 aromatic rings. The number of carbonyl (C=O) groups is 2. The molecule has 1 N–H and O–H groups in total.